The van der Waals surface area contributed by atoms with Crippen molar-refractivity contribution >= 4 is 5.97 Å². The predicted molar refractivity (Wildman–Crippen MR) is 77.8 cm³/mol. The second-order valence-electron chi connectivity index (χ2n) is 5.53. The van der Waals surface area contributed by atoms with Gasteiger partial charge < -0.3 is 18.9 Å². The van der Waals surface area contributed by atoms with Gasteiger partial charge in [-0.3, -0.25) is 4.79 Å². The minimum absolute atomic E-state index is 0.176. The third-order valence-electron chi connectivity index (χ3n) is 2.18. The SMILES string of the molecule is CCCOCCOCCOCCCC(=O)OC(C)(C)C. The van der Waals surface area contributed by atoms with E-state index >= 15 is 0 Å². The van der Waals surface area contributed by atoms with Gasteiger partial charge in [0.1, 0.15) is 5.60 Å². The topological polar surface area (TPSA) is 54.0 Å². The van der Waals surface area contributed by atoms with E-state index in [1.807, 2.05) is 20.8 Å². The zero-order valence-electron chi connectivity index (χ0n) is 13.4. The molecule has 0 amide bonds. The molecule has 0 N–H and O–H groups in total. The number of esters is 1. The maximum atomic E-state index is 11.4. The first kappa shape index (κ1) is 19.4. The minimum Gasteiger partial charge on any atom is -0.460 e. The van der Waals surface area contributed by atoms with Crippen molar-refractivity contribution in [2.45, 2.75) is 52.6 Å². The monoisotopic (exact) mass is 290 g/mol. The molecule has 0 saturated carbocycles. The fraction of sp³-hybridized carbons (Fsp3) is 0.933. The van der Waals surface area contributed by atoms with E-state index in [-0.39, 0.29) is 5.97 Å². The Morgan fingerprint density at radius 2 is 1.35 bits per heavy atom. The van der Waals surface area contributed by atoms with Crippen LogP contribution in [0.5, 0.6) is 0 Å². The summed E-state index contributed by atoms with van der Waals surface area (Å²) in [6.07, 6.45) is 2.10. The van der Waals surface area contributed by atoms with Gasteiger partial charge in [-0.25, -0.2) is 0 Å². The molecule has 0 fully saturated rings. The van der Waals surface area contributed by atoms with Crippen molar-refractivity contribution in [3.05, 3.63) is 0 Å². The lowest BCUT2D eigenvalue weighted by Crippen LogP contribution is -2.23. The zero-order valence-corrected chi connectivity index (χ0v) is 13.4. The van der Waals surface area contributed by atoms with Crippen LogP contribution in [-0.2, 0) is 23.7 Å². The van der Waals surface area contributed by atoms with E-state index in [1.54, 1.807) is 0 Å². The fourth-order valence-corrected chi connectivity index (χ4v) is 1.40. The minimum atomic E-state index is -0.411. The van der Waals surface area contributed by atoms with E-state index in [1.165, 1.54) is 0 Å². The van der Waals surface area contributed by atoms with Gasteiger partial charge in [0.2, 0.25) is 0 Å². The van der Waals surface area contributed by atoms with E-state index in [0.717, 1.165) is 13.0 Å². The molecular weight excluding hydrogens is 260 g/mol. The highest BCUT2D eigenvalue weighted by Crippen LogP contribution is 2.08. The summed E-state index contributed by atoms with van der Waals surface area (Å²) in [4.78, 5) is 11.4. The van der Waals surface area contributed by atoms with E-state index in [2.05, 4.69) is 6.92 Å². The summed E-state index contributed by atoms with van der Waals surface area (Å²) in [6.45, 7) is 11.3. The molecule has 0 aliphatic heterocycles. The fourth-order valence-electron chi connectivity index (χ4n) is 1.40. The second kappa shape index (κ2) is 12.1. The summed E-state index contributed by atoms with van der Waals surface area (Å²) in [6, 6.07) is 0. The van der Waals surface area contributed by atoms with Crippen molar-refractivity contribution in [3.63, 3.8) is 0 Å². The van der Waals surface area contributed by atoms with Gasteiger partial charge in [0.25, 0.3) is 0 Å². The molecule has 0 atom stereocenters. The Morgan fingerprint density at radius 3 is 1.85 bits per heavy atom. The first-order valence-electron chi connectivity index (χ1n) is 7.41. The van der Waals surface area contributed by atoms with Crippen LogP contribution in [0.2, 0.25) is 0 Å². The molecule has 0 aromatic rings. The lowest BCUT2D eigenvalue weighted by Gasteiger charge is -2.19. The van der Waals surface area contributed by atoms with Crippen molar-refractivity contribution in [1.82, 2.24) is 0 Å². The number of ether oxygens (including phenoxy) is 4. The van der Waals surface area contributed by atoms with Crippen LogP contribution in [0.25, 0.3) is 0 Å². The molecule has 0 aliphatic carbocycles. The Labute approximate surface area is 122 Å². The third-order valence-corrected chi connectivity index (χ3v) is 2.18. The van der Waals surface area contributed by atoms with Crippen molar-refractivity contribution in [1.29, 1.82) is 0 Å². The van der Waals surface area contributed by atoms with Crippen LogP contribution in [0.3, 0.4) is 0 Å². The Hall–Kier alpha value is -0.650. The molecule has 0 bridgehead atoms. The average Bonchev–Trinajstić information content (AvgIpc) is 2.34. The molecule has 5 nitrogen and oxygen atoms in total. The van der Waals surface area contributed by atoms with Crippen LogP contribution < -0.4 is 0 Å². The van der Waals surface area contributed by atoms with Crippen LogP contribution >= 0.6 is 0 Å². The zero-order chi connectivity index (χ0) is 15.3. The largest absolute Gasteiger partial charge is 0.460 e. The highest BCUT2D eigenvalue weighted by Gasteiger charge is 2.15. The first-order chi connectivity index (χ1) is 9.45. The molecule has 0 aliphatic rings. The molecule has 0 unspecified atom stereocenters. The summed E-state index contributed by atoms with van der Waals surface area (Å²) in [5.41, 5.74) is -0.411. The normalized spacial score (nSPS) is 11.6. The van der Waals surface area contributed by atoms with Crippen molar-refractivity contribution in [3.8, 4) is 0 Å². The summed E-state index contributed by atoms with van der Waals surface area (Å²) in [7, 11) is 0. The van der Waals surface area contributed by atoms with Gasteiger partial charge in [0, 0.05) is 19.6 Å². The molecule has 0 radical (unpaired) electrons. The molecule has 0 saturated heterocycles. The standard InChI is InChI=1S/C15H30O5/c1-5-8-17-10-12-19-13-11-18-9-6-7-14(16)20-15(2,3)4/h5-13H2,1-4H3. The predicted octanol–water partition coefficient (Wildman–Crippen LogP) is 2.57. The van der Waals surface area contributed by atoms with E-state index in [9.17, 15) is 4.79 Å². The molecule has 0 aromatic carbocycles. The van der Waals surface area contributed by atoms with Gasteiger partial charge >= 0.3 is 5.97 Å². The molecule has 0 heterocycles. The van der Waals surface area contributed by atoms with E-state index < -0.39 is 5.60 Å². The number of carbonyl (C=O) groups excluding carboxylic acids is 1. The average molecular weight is 290 g/mol. The summed E-state index contributed by atoms with van der Waals surface area (Å²) in [5.74, 6) is -0.176. The lowest BCUT2D eigenvalue weighted by molar-refractivity contribution is -0.155. The third kappa shape index (κ3) is 15.4. The molecule has 120 valence electrons. The number of hydrogen-bond acceptors (Lipinski definition) is 5. The van der Waals surface area contributed by atoms with E-state index in [0.29, 0.717) is 45.9 Å². The molecule has 0 rings (SSSR count). The first-order valence-corrected chi connectivity index (χ1v) is 7.41. The molecule has 20 heavy (non-hydrogen) atoms. The van der Waals surface area contributed by atoms with Crippen molar-refractivity contribution < 1.29 is 23.7 Å². The Balaban J connectivity index is 3.19. The van der Waals surface area contributed by atoms with Crippen LogP contribution in [0.15, 0.2) is 0 Å². The maximum Gasteiger partial charge on any atom is 0.306 e. The van der Waals surface area contributed by atoms with Gasteiger partial charge in [0.05, 0.1) is 26.4 Å². The van der Waals surface area contributed by atoms with Gasteiger partial charge in [-0.1, -0.05) is 6.92 Å². The number of rotatable bonds is 12. The second-order valence-corrected chi connectivity index (χ2v) is 5.53. The van der Waals surface area contributed by atoms with Crippen LogP contribution in [-0.4, -0.2) is 51.2 Å². The molecule has 0 aromatic heterocycles. The lowest BCUT2D eigenvalue weighted by atomic mass is 10.2. The quantitative estimate of drug-likeness (QED) is 0.408. The molecule has 5 heteroatoms. The smallest absolute Gasteiger partial charge is 0.306 e. The van der Waals surface area contributed by atoms with Crippen LogP contribution in [0.1, 0.15) is 47.0 Å². The van der Waals surface area contributed by atoms with Crippen LogP contribution in [0.4, 0.5) is 0 Å². The number of hydrogen-bond donors (Lipinski definition) is 0. The Bertz CT molecular complexity index is 235. The Morgan fingerprint density at radius 1 is 0.850 bits per heavy atom. The van der Waals surface area contributed by atoms with Crippen molar-refractivity contribution in [2.75, 3.05) is 39.6 Å². The molecule has 0 spiro atoms. The van der Waals surface area contributed by atoms with E-state index in [4.69, 9.17) is 18.9 Å². The Kier molecular flexibility index (Phi) is 11.7. The van der Waals surface area contributed by atoms with Gasteiger partial charge in [-0.2, -0.15) is 0 Å². The van der Waals surface area contributed by atoms with Gasteiger partial charge in [0.15, 0.2) is 0 Å². The summed E-state index contributed by atoms with van der Waals surface area (Å²) < 4.78 is 21.2. The summed E-state index contributed by atoms with van der Waals surface area (Å²) in [5, 5.41) is 0. The number of carbonyl (C=O) groups is 1. The van der Waals surface area contributed by atoms with Crippen LogP contribution in [0, 0.1) is 0 Å². The molecular formula is C15H30O5. The van der Waals surface area contributed by atoms with Gasteiger partial charge in [-0.15, -0.1) is 0 Å². The highest BCUT2D eigenvalue weighted by molar-refractivity contribution is 5.69. The summed E-state index contributed by atoms with van der Waals surface area (Å²) >= 11 is 0. The van der Waals surface area contributed by atoms with Gasteiger partial charge in [-0.05, 0) is 33.6 Å². The maximum absolute atomic E-state index is 11.4. The van der Waals surface area contributed by atoms with Crippen molar-refractivity contribution in [2.24, 2.45) is 0 Å². The highest BCUT2D eigenvalue weighted by atomic mass is 16.6.